The van der Waals surface area contributed by atoms with Crippen LogP contribution in [-0.4, -0.2) is 10.7 Å². The Balaban J connectivity index is 3.05. The van der Waals surface area contributed by atoms with Gasteiger partial charge in [0.05, 0.1) is 0 Å². The molecule has 0 N–H and O–H groups in total. The van der Waals surface area contributed by atoms with E-state index in [0.29, 0.717) is 17.4 Å². The SMILES string of the molecule is CC(=O)SC=O. The summed E-state index contributed by atoms with van der Waals surface area (Å²) in [7, 11) is 0. The summed E-state index contributed by atoms with van der Waals surface area (Å²) in [5, 5.41) is -0.162. The van der Waals surface area contributed by atoms with Gasteiger partial charge in [-0.2, -0.15) is 0 Å². The minimum absolute atomic E-state index is 0.162. The van der Waals surface area contributed by atoms with Crippen LogP contribution < -0.4 is 0 Å². The minimum Gasteiger partial charge on any atom is -0.290 e. The molecular weight excluding hydrogens is 100 g/mol. The van der Waals surface area contributed by atoms with E-state index < -0.39 is 0 Å². The van der Waals surface area contributed by atoms with E-state index in [0.717, 1.165) is 0 Å². The van der Waals surface area contributed by atoms with Gasteiger partial charge >= 0.3 is 0 Å². The molecule has 0 aromatic rings. The standard InChI is InChI=1S/C3H4O2S/c1-3(5)6-2-4/h2H,1H3. The van der Waals surface area contributed by atoms with Crippen LogP contribution in [0.4, 0.5) is 0 Å². The molecule has 0 aromatic heterocycles. The van der Waals surface area contributed by atoms with Crippen molar-refractivity contribution in [2.24, 2.45) is 0 Å². The number of carbonyl (C=O) groups excluding carboxylic acids is 2. The van der Waals surface area contributed by atoms with Crippen molar-refractivity contribution >= 4 is 22.5 Å². The van der Waals surface area contributed by atoms with Gasteiger partial charge in [-0.25, -0.2) is 0 Å². The fourth-order valence-electron chi connectivity index (χ4n) is 0.0678. The van der Waals surface area contributed by atoms with E-state index in [2.05, 4.69) is 0 Å². The molecule has 0 radical (unpaired) electrons. The maximum atomic E-state index is 9.78. The maximum Gasteiger partial charge on any atom is 0.193 e. The fourth-order valence-corrected chi connectivity index (χ4v) is 0.203. The van der Waals surface area contributed by atoms with Crippen LogP contribution in [-0.2, 0) is 9.59 Å². The highest BCUT2D eigenvalue weighted by atomic mass is 32.2. The van der Waals surface area contributed by atoms with Crippen molar-refractivity contribution in [2.45, 2.75) is 6.92 Å². The molecule has 0 aliphatic heterocycles. The topological polar surface area (TPSA) is 34.1 Å². The minimum atomic E-state index is -0.162. The van der Waals surface area contributed by atoms with E-state index in [1.165, 1.54) is 6.92 Å². The maximum absolute atomic E-state index is 9.78. The number of hydrogen-bond donors (Lipinski definition) is 0. The summed E-state index contributed by atoms with van der Waals surface area (Å²) in [6.45, 7) is 1.35. The van der Waals surface area contributed by atoms with Crippen LogP contribution in [0, 0.1) is 0 Å². The van der Waals surface area contributed by atoms with E-state index in [-0.39, 0.29) is 5.12 Å². The van der Waals surface area contributed by atoms with Crippen molar-refractivity contribution in [3.63, 3.8) is 0 Å². The summed E-state index contributed by atoms with van der Waals surface area (Å²) in [4.78, 5) is 19.1. The lowest BCUT2D eigenvalue weighted by Gasteiger charge is -1.71. The van der Waals surface area contributed by atoms with Gasteiger partial charge in [-0.05, 0) is 11.8 Å². The molecule has 0 aliphatic rings. The lowest BCUT2D eigenvalue weighted by atomic mass is 10.9. The van der Waals surface area contributed by atoms with Crippen LogP contribution in [0.25, 0.3) is 0 Å². The normalized spacial score (nSPS) is 7.50. The Morgan fingerprint density at radius 1 is 1.83 bits per heavy atom. The molecule has 34 valence electrons. The van der Waals surface area contributed by atoms with Crippen molar-refractivity contribution < 1.29 is 9.59 Å². The average Bonchev–Trinajstić information content (AvgIpc) is 1.35. The van der Waals surface area contributed by atoms with Crippen LogP contribution in [0.2, 0.25) is 0 Å². The van der Waals surface area contributed by atoms with Gasteiger partial charge in [-0.1, -0.05) is 0 Å². The molecule has 0 heterocycles. The largest absolute Gasteiger partial charge is 0.290 e. The fraction of sp³-hybridized carbons (Fsp3) is 0.333. The number of thioether (sulfide) groups is 1. The molecule has 0 atom stereocenters. The molecular formula is C3H4O2S. The van der Waals surface area contributed by atoms with Gasteiger partial charge in [0.15, 0.2) is 10.7 Å². The first-order valence-corrected chi connectivity index (χ1v) is 2.26. The molecule has 0 aliphatic carbocycles. The van der Waals surface area contributed by atoms with E-state index >= 15 is 0 Å². The monoisotopic (exact) mass is 104 g/mol. The number of rotatable bonds is 1. The molecule has 3 heteroatoms. The summed E-state index contributed by atoms with van der Waals surface area (Å²) in [5.41, 5.74) is 0.516. The molecule has 2 nitrogen and oxygen atoms in total. The van der Waals surface area contributed by atoms with Crippen LogP contribution in [0.5, 0.6) is 0 Å². The lowest BCUT2D eigenvalue weighted by Crippen LogP contribution is -1.76. The van der Waals surface area contributed by atoms with E-state index in [4.69, 9.17) is 0 Å². The van der Waals surface area contributed by atoms with E-state index in [1.54, 1.807) is 0 Å². The molecule has 0 bridgehead atoms. The second kappa shape index (κ2) is 2.90. The van der Waals surface area contributed by atoms with Gasteiger partial charge in [0.25, 0.3) is 0 Å². The Morgan fingerprint density at radius 3 is 2.33 bits per heavy atom. The molecule has 0 aromatic carbocycles. The van der Waals surface area contributed by atoms with Gasteiger partial charge in [-0.15, -0.1) is 0 Å². The van der Waals surface area contributed by atoms with Crippen LogP contribution in [0.3, 0.4) is 0 Å². The third kappa shape index (κ3) is 3.69. The van der Waals surface area contributed by atoms with Crippen LogP contribution in [0.15, 0.2) is 0 Å². The van der Waals surface area contributed by atoms with Gasteiger partial charge in [0, 0.05) is 6.92 Å². The Kier molecular flexibility index (Phi) is 2.75. The smallest absolute Gasteiger partial charge is 0.193 e. The quantitative estimate of drug-likeness (QED) is 0.453. The van der Waals surface area contributed by atoms with E-state index in [9.17, 15) is 9.59 Å². The molecule has 0 unspecified atom stereocenters. The highest BCUT2D eigenvalue weighted by Crippen LogP contribution is 1.90. The Hall–Kier alpha value is -0.310. The van der Waals surface area contributed by atoms with Crippen molar-refractivity contribution in [3.05, 3.63) is 0 Å². The molecule has 0 amide bonds. The first-order chi connectivity index (χ1) is 2.77. The third-order valence-corrected chi connectivity index (χ3v) is 0.642. The molecule has 0 rings (SSSR count). The molecule has 0 saturated carbocycles. The van der Waals surface area contributed by atoms with Gasteiger partial charge in [0.2, 0.25) is 0 Å². The van der Waals surface area contributed by atoms with E-state index in [1.807, 2.05) is 0 Å². The van der Waals surface area contributed by atoms with Gasteiger partial charge in [-0.3, -0.25) is 9.59 Å². The summed E-state index contributed by atoms with van der Waals surface area (Å²) in [6, 6.07) is 0. The summed E-state index contributed by atoms with van der Waals surface area (Å²) in [6.07, 6.45) is 0. The zero-order valence-corrected chi connectivity index (χ0v) is 4.12. The second-order valence-electron chi connectivity index (χ2n) is 0.706. The van der Waals surface area contributed by atoms with Crippen LogP contribution >= 0.6 is 11.8 Å². The number of carbonyl (C=O) groups is 2. The summed E-state index contributed by atoms with van der Waals surface area (Å²) in [5.74, 6) is 0. The second-order valence-corrected chi connectivity index (χ2v) is 1.71. The Bertz CT molecular complexity index is 69.2. The highest BCUT2D eigenvalue weighted by Gasteiger charge is 1.84. The lowest BCUT2D eigenvalue weighted by molar-refractivity contribution is -0.109. The third-order valence-electron chi connectivity index (χ3n) is 0.214. The molecule has 0 fully saturated rings. The van der Waals surface area contributed by atoms with Gasteiger partial charge in [0.1, 0.15) is 0 Å². The van der Waals surface area contributed by atoms with Crippen molar-refractivity contribution in [3.8, 4) is 0 Å². The van der Waals surface area contributed by atoms with Gasteiger partial charge < -0.3 is 0 Å². The molecule has 0 saturated heterocycles. The first kappa shape index (κ1) is 5.69. The van der Waals surface area contributed by atoms with Crippen molar-refractivity contribution in [1.82, 2.24) is 0 Å². The van der Waals surface area contributed by atoms with Crippen molar-refractivity contribution in [2.75, 3.05) is 0 Å². The Labute approximate surface area is 39.9 Å². The Morgan fingerprint density at radius 2 is 2.33 bits per heavy atom. The summed E-state index contributed by atoms with van der Waals surface area (Å²) < 4.78 is 0. The zero-order chi connectivity index (χ0) is 4.99. The number of hydrogen-bond acceptors (Lipinski definition) is 3. The molecule has 0 spiro atoms. The predicted octanol–water partition coefficient (Wildman–Crippen LogP) is 0.456. The molecule has 6 heavy (non-hydrogen) atoms. The van der Waals surface area contributed by atoms with Crippen LogP contribution in [0.1, 0.15) is 6.92 Å². The first-order valence-electron chi connectivity index (χ1n) is 1.38. The zero-order valence-electron chi connectivity index (χ0n) is 3.30. The predicted molar refractivity (Wildman–Crippen MR) is 25.0 cm³/mol. The summed E-state index contributed by atoms with van der Waals surface area (Å²) >= 11 is 0.667. The average molecular weight is 104 g/mol. The highest BCUT2D eigenvalue weighted by molar-refractivity contribution is 8.24. The van der Waals surface area contributed by atoms with Crippen molar-refractivity contribution in [1.29, 1.82) is 0 Å².